The number of thiophene rings is 1. The van der Waals surface area contributed by atoms with Gasteiger partial charge in [-0.25, -0.2) is 4.79 Å². The molecule has 0 aromatic carbocycles. The van der Waals surface area contributed by atoms with Crippen LogP contribution in [-0.2, 0) is 9.59 Å². The van der Waals surface area contributed by atoms with E-state index in [1.54, 1.807) is 17.5 Å². The molecule has 1 atom stereocenters. The standard InChI is InChI=1S/C12H16N2O4S2/c1-19-6-4-8(12(17)18)14-10(15)7-13-11(16)9-3-2-5-20-9/h2-3,5,8H,4,6-7H2,1H3,(H,13,16)(H,14,15)(H,17,18)/t8-/m1/s1. The van der Waals surface area contributed by atoms with E-state index in [0.717, 1.165) is 0 Å². The van der Waals surface area contributed by atoms with Crippen molar-refractivity contribution in [3.63, 3.8) is 0 Å². The molecule has 0 bridgehead atoms. The monoisotopic (exact) mass is 316 g/mol. The molecule has 8 heteroatoms. The maximum absolute atomic E-state index is 11.6. The molecule has 0 unspecified atom stereocenters. The molecule has 110 valence electrons. The summed E-state index contributed by atoms with van der Waals surface area (Å²) >= 11 is 2.78. The molecule has 0 spiro atoms. The Hall–Kier alpha value is -1.54. The number of hydrogen-bond acceptors (Lipinski definition) is 5. The number of thioether (sulfide) groups is 1. The Labute approximate surface area is 124 Å². The van der Waals surface area contributed by atoms with Gasteiger partial charge in [-0.2, -0.15) is 11.8 Å². The molecule has 3 N–H and O–H groups in total. The molecule has 0 saturated carbocycles. The van der Waals surface area contributed by atoms with Crippen molar-refractivity contribution in [1.82, 2.24) is 10.6 Å². The fourth-order valence-corrected chi connectivity index (χ4v) is 2.51. The molecule has 1 aromatic heterocycles. The highest BCUT2D eigenvalue weighted by Gasteiger charge is 2.19. The molecular formula is C12H16N2O4S2. The number of carbonyl (C=O) groups excluding carboxylic acids is 2. The normalized spacial score (nSPS) is 11.7. The fourth-order valence-electron chi connectivity index (χ4n) is 1.39. The molecule has 0 aliphatic heterocycles. The summed E-state index contributed by atoms with van der Waals surface area (Å²) in [7, 11) is 0. The average molecular weight is 316 g/mol. The topological polar surface area (TPSA) is 95.5 Å². The van der Waals surface area contributed by atoms with Crippen molar-refractivity contribution in [2.24, 2.45) is 0 Å². The minimum Gasteiger partial charge on any atom is -0.480 e. The van der Waals surface area contributed by atoms with Crippen LogP contribution in [0.2, 0.25) is 0 Å². The highest BCUT2D eigenvalue weighted by molar-refractivity contribution is 7.98. The molecule has 0 fully saturated rings. The maximum Gasteiger partial charge on any atom is 0.326 e. The molecule has 1 rings (SSSR count). The number of amides is 2. The summed E-state index contributed by atoms with van der Waals surface area (Å²) in [4.78, 5) is 34.7. The van der Waals surface area contributed by atoms with Crippen LogP contribution in [0, 0.1) is 0 Å². The van der Waals surface area contributed by atoms with Crippen LogP contribution in [-0.4, -0.2) is 47.5 Å². The lowest BCUT2D eigenvalue weighted by Gasteiger charge is -2.14. The molecule has 0 aliphatic rings. The van der Waals surface area contributed by atoms with Gasteiger partial charge in [0.05, 0.1) is 11.4 Å². The largest absolute Gasteiger partial charge is 0.480 e. The van der Waals surface area contributed by atoms with Crippen LogP contribution in [0.1, 0.15) is 16.1 Å². The second-order valence-corrected chi connectivity index (χ2v) is 5.83. The van der Waals surface area contributed by atoms with E-state index < -0.39 is 17.9 Å². The van der Waals surface area contributed by atoms with Gasteiger partial charge in [0.15, 0.2) is 0 Å². The van der Waals surface area contributed by atoms with E-state index in [-0.39, 0.29) is 12.5 Å². The Balaban J connectivity index is 2.38. The van der Waals surface area contributed by atoms with Gasteiger partial charge in [0.25, 0.3) is 5.91 Å². The van der Waals surface area contributed by atoms with Crippen molar-refractivity contribution < 1.29 is 19.5 Å². The Morgan fingerprint density at radius 2 is 2.20 bits per heavy atom. The zero-order valence-electron chi connectivity index (χ0n) is 10.9. The van der Waals surface area contributed by atoms with Crippen molar-refractivity contribution in [2.45, 2.75) is 12.5 Å². The third-order valence-electron chi connectivity index (χ3n) is 2.40. The van der Waals surface area contributed by atoms with Crippen molar-refractivity contribution in [3.8, 4) is 0 Å². The van der Waals surface area contributed by atoms with Gasteiger partial charge in [-0.05, 0) is 29.9 Å². The Kier molecular flexibility index (Phi) is 7.10. The molecule has 2 amide bonds. The van der Waals surface area contributed by atoms with Gasteiger partial charge in [-0.3, -0.25) is 9.59 Å². The molecule has 6 nitrogen and oxygen atoms in total. The first-order chi connectivity index (χ1) is 9.54. The molecule has 1 heterocycles. The number of aliphatic carboxylic acids is 1. The summed E-state index contributed by atoms with van der Waals surface area (Å²) in [6, 6.07) is 2.47. The van der Waals surface area contributed by atoms with E-state index >= 15 is 0 Å². The smallest absolute Gasteiger partial charge is 0.326 e. The van der Waals surface area contributed by atoms with E-state index in [2.05, 4.69) is 10.6 Å². The van der Waals surface area contributed by atoms with Gasteiger partial charge in [0.2, 0.25) is 5.91 Å². The zero-order chi connectivity index (χ0) is 15.0. The van der Waals surface area contributed by atoms with E-state index in [9.17, 15) is 14.4 Å². The second kappa shape index (κ2) is 8.60. The quantitative estimate of drug-likeness (QED) is 0.659. The third kappa shape index (κ3) is 5.62. The van der Waals surface area contributed by atoms with Crippen molar-refractivity contribution >= 4 is 40.9 Å². The molecule has 20 heavy (non-hydrogen) atoms. The van der Waals surface area contributed by atoms with Crippen LogP contribution in [0.4, 0.5) is 0 Å². The maximum atomic E-state index is 11.6. The Morgan fingerprint density at radius 3 is 2.75 bits per heavy atom. The number of carbonyl (C=O) groups is 3. The van der Waals surface area contributed by atoms with Gasteiger partial charge in [-0.1, -0.05) is 6.07 Å². The first-order valence-electron chi connectivity index (χ1n) is 5.87. The van der Waals surface area contributed by atoms with Crippen molar-refractivity contribution in [1.29, 1.82) is 0 Å². The second-order valence-electron chi connectivity index (χ2n) is 3.90. The summed E-state index contributed by atoms with van der Waals surface area (Å²) in [5.74, 6) is -1.29. The van der Waals surface area contributed by atoms with E-state index in [1.165, 1.54) is 23.1 Å². The van der Waals surface area contributed by atoms with E-state index in [0.29, 0.717) is 17.1 Å². The van der Waals surface area contributed by atoms with Crippen molar-refractivity contribution in [2.75, 3.05) is 18.6 Å². The number of rotatable bonds is 8. The van der Waals surface area contributed by atoms with Crippen LogP contribution in [0.15, 0.2) is 17.5 Å². The van der Waals surface area contributed by atoms with Crippen LogP contribution in [0.3, 0.4) is 0 Å². The predicted molar refractivity (Wildman–Crippen MR) is 79.2 cm³/mol. The van der Waals surface area contributed by atoms with Crippen molar-refractivity contribution in [3.05, 3.63) is 22.4 Å². The SMILES string of the molecule is CSCC[C@@H](NC(=O)CNC(=O)c1cccs1)C(=O)O. The lowest BCUT2D eigenvalue weighted by molar-refractivity contribution is -0.141. The minimum atomic E-state index is -1.07. The van der Waals surface area contributed by atoms with Gasteiger partial charge in [0.1, 0.15) is 6.04 Å². The number of carboxylic acid groups (broad SMARTS) is 1. The Bertz CT molecular complexity index is 462. The van der Waals surface area contributed by atoms with Gasteiger partial charge in [0, 0.05) is 0 Å². The summed E-state index contributed by atoms with van der Waals surface area (Å²) in [6.45, 7) is -0.236. The highest BCUT2D eigenvalue weighted by atomic mass is 32.2. The van der Waals surface area contributed by atoms with Gasteiger partial charge in [-0.15, -0.1) is 11.3 Å². The third-order valence-corrected chi connectivity index (χ3v) is 3.91. The fraction of sp³-hybridized carbons (Fsp3) is 0.417. The van der Waals surface area contributed by atoms with Crippen LogP contribution in [0.25, 0.3) is 0 Å². The van der Waals surface area contributed by atoms with Crippen LogP contribution < -0.4 is 10.6 Å². The van der Waals surface area contributed by atoms with E-state index in [4.69, 9.17) is 5.11 Å². The van der Waals surface area contributed by atoms with Crippen LogP contribution >= 0.6 is 23.1 Å². The summed E-state index contributed by atoms with van der Waals surface area (Å²) in [6.07, 6.45) is 2.21. The number of carboxylic acids is 1. The summed E-state index contributed by atoms with van der Waals surface area (Å²) in [5, 5.41) is 15.6. The molecular weight excluding hydrogens is 300 g/mol. The summed E-state index contributed by atoms with van der Waals surface area (Å²) in [5.41, 5.74) is 0. The average Bonchev–Trinajstić information content (AvgIpc) is 2.94. The van der Waals surface area contributed by atoms with Crippen LogP contribution in [0.5, 0.6) is 0 Å². The molecule has 0 radical (unpaired) electrons. The number of hydrogen-bond donors (Lipinski definition) is 3. The number of nitrogens with one attached hydrogen (secondary N) is 2. The first-order valence-corrected chi connectivity index (χ1v) is 8.14. The van der Waals surface area contributed by atoms with Gasteiger partial charge < -0.3 is 15.7 Å². The minimum absolute atomic E-state index is 0.236. The molecule has 0 aliphatic carbocycles. The first kappa shape index (κ1) is 16.5. The highest BCUT2D eigenvalue weighted by Crippen LogP contribution is 2.07. The Morgan fingerprint density at radius 1 is 1.45 bits per heavy atom. The van der Waals surface area contributed by atoms with E-state index in [1.807, 2.05) is 6.26 Å². The van der Waals surface area contributed by atoms with Gasteiger partial charge >= 0.3 is 5.97 Å². The molecule has 1 aromatic rings. The summed E-state index contributed by atoms with van der Waals surface area (Å²) < 4.78 is 0. The lowest BCUT2D eigenvalue weighted by Crippen LogP contribution is -2.45. The lowest BCUT2D eigenvalue weighted by atomic mass is 10.2. The molecule has 0 saturated heterocycles. The predicted octanol–water partition coefficient (Wildman–Crippen LogP) is 0.800. The zero-order valence-corrected chi connectivity index (χ0v) is 12.6.